The van der Waals surface area contributed by atoms with E-state index >= 15 is 0 Å². The van der Waals surface area contributed by atoms with Crippen molar-refractivity contribution in [2.45, 2.75) is 45.3 Å². The predicted octanol–water partition coefficient (Wildman–Crippen LogP) is 0.377. The standard InChI is InChI=1S/C11H21NO3/c1-8(2)3-4-11(15)12-6-5-9(13)10(14)7-12/h8-10,13-14H,3-7H2,1-2H3. The molecule has 2 atom stereocenters. The molecule has 0 bridgehead atoms. The highest BCUT2D eigenvalue weighted by atomic mass is 16.3. The van der Waals surface area contributed by atoms with Crippen molar-refractivity contribution in [3.05, 3.63) is 0 Å². The number of carbonyl (C=O) groups is 1. The molecule has 1 aliphatic heterocycles. The number of likely N-dealkylation sites (tertiary alicyclic amines) is 1. The lowest BCUT2D eigenvalue weighted by molar-refractivity contribution is -0.138. The van der Waals surface area contributed by atoms with Gasteiger partial charge in [0, 0.05) is 19.5 Å². The average molecular weight is 215 g/mol. The zero-order valence-electron chi connectivity index (χ0n) is 9.52. The number of β-amino-alcohol motifs (C(OH)–C–C–N with tert-alkyl or cyclic N) is 1. The van der Waals surface area contributed by atoms with Crippen LogP contribution in [0.4, 0.5) is 0 Å². The Bertz CT molecular complexity index is 218. The Balaban J connectivity index is 2.34. The van der Waals surface area contributed by atoms with Crippen molar-refractivity contribution in [1.29, 1.82) is 0 Å². The van der Waals surface area contributed by atoms with Crippen LogP contribution in [0.15, 0.2) is 0 Å². The minimum absolute atomic E-state index is 0.0923. The van der Waals surface area contributed by atoms with Crippen molar-refractivity contribution >= 4 is 5.91 Å². The summed E-state index contributed by atoms with van der Waals surface area (Å²) >= 11 is 0. The lowest BCUT2D eigenvalue weighted by Crippen LogP contribution is -2.48. The van der Waals surface area contributed by atoms with Gasteiger partial charge < -0.3 is 15.1 Å². The fourth-order valence-corrected chi connectivity index (χ4v) is 1.72. The van der Waals surface area contributed by atoms with E-state index in [0.717, 1.165) is 6.42 Å². The summed E-state index contributed by atoms with van der Waals surface area (Å²) in [5.74, 6) is 0.615. The van der Waals surface area contributed by atoms with Crippen LogP contribution in [0.3, 0.4) is 0 Å². The van der Waals surface area contributed by atoms with Crippen LogP contribution in [0.5, 0.6) is 0 Å². The van der Waals surface area contributed by atoms with E-state index in [2.05, 4.69) is 13.8 Å². The summed E-state index contributed by atoms with van der Waals surface area (Å²) in [6.45, 7) is 5.01. The van der Waals surface area contributed by atoms with Gasteiger partial charge in [0.15, 0.2) is 0 Å². The van der Waals surface area contributed by atoms with Gasteiger partial charge in [0.25, 0.3) is 0 Å². The Labute approximate surface area is 90.9 Å². The van der Waals surface area contributed by atoms with Gasteiger partial charge in [-0.1, -0.05) is 13.8 Å². The Kier molecular flexibility index (Phi) is 4.54. The smallest absolute Gasteiger partial charge is 0.222 e. The molecule has 2 unspecified atom stereocenters. The summed E-state index contributed by atoms with van der Waals surface area (Å²) in [5, 5.41) is 18.7. The summed E-state index contributed by atoms with van der Waals surface area (Å²) in [7, 11) is 0. The number of nitrogens with zero attached hydrogens (tertiary/aromatic N) is 1. The molecule has 1 amide bonds. The van der Waals surface area contributed by atoms with E-state index in [4.69, 9.17) is 0 Å². The number of carbonyl (C=O) groups excluding carboxylic acids is 1. The van der Waals surface area contributed by atoms with Crippen LogP contribution in [0.1, 0.15) is 33.1 Å². The zero-order chi connectivity index (χ0) is 11.4. The van der Waals surface area contributed by atoms with Gasteiger partial charge in [-0.15, -0.1) is 0 Å². The van der Waals surface area contributed by atoms with E-state index in [1.807, 2.05) is 0 Å². The molecule has 4 nitrogen and oxygen atoms in total. The largest absolute Gasteiger partial charge is 0.390 e. The van der Waals surface area contributed by atoms with Crippen LogP contribution in [-0.2, 0) is 4.79 Å². The molecule has 0 spiro atoms. The maximum absolute atomic E-state index is 11.7. The van der Waals surface area contributed by atoms with Gasteiger partial charge in [-0.25, -0.2) is 0 Å². The minimum Gasteiger partial charge on any atom is -0.390 e. The molecule has 2 N–H and O–H groups in total. The molecule has 0 saturated carbocycles. The number of hydrogen-bond donors (Lipinski definition) is 2. The van der Waals surface area contributed by atoms with Crippen molar-refractivity contribution in [1.82, 2.24) is 4.90 Å². The third kappa shape index (κ3) is 3.80. The number of aliphatic hydroxyl groups excluding tert-OH is 2. The van der Waals surface area contributed by atoms with Gasteiger partial charge in [0.2, 0.25) is 5.91 Å². The van der Waals surface area contributed by atoms with Gasteiger partial charge in [-0.2, -0.15) is 0 Å². The van der Waals surface area contributed by atoms with E-state index in [-0.39, 0.29) is 12.5 Å². The highest BCUT2D eigenvalue weighted by Gasteiger charge is 2.28. The van der Waals surface area contributed by atoms with Gasteiger partial charge in [0.05, 0.1) is 12.2 Å². The highest BCUT2D eigenvalue weighted by molar-refractivity contribution is 5.76. The second-order valence-corrected chi connectivity index (χ2v) is 4.70. The number of aliphatic hydroxyl groups is 2. The Morgan fingerprint density at radius 1 is 1.40 bits per heavy atom. The minimum atomic E-state index is -0.776. The molecule has 1 fully saturated rings. The molecule has 0 radical (unpaired) electrons. The molecule has 0 aliphatic carbocycles. The summed E-state index contributed by atoms with van der Waals surface area (Å²) < 4.78 is 0. The fraction of sp³-hybridized carbons (Fsp3) is 0.909. The monoisotopic (exact) mass is 215 g/mol. The fourth-order valence-electron chi connectivity index (χ4n) is 1.72. The van der Waals surface area contributed by atoms with E-state index in [1.54, 1.807) is 4.90 Å². The van der Waals surface area contributed by atoms with Crippen molar-refractivity contribution in [3.8, 4) is 0 Å². The summed E-state index contributed by atoms with van der Waals surface area (Å²) in [4.78, 5) is 13.3. The van der Waals surface area contributed by atoms with Crippen LogP contribution in [-0.4, -0.2) is 46.3 Å². The lowest BCUT2D eigenvalue weighted by atomic mass is 10.0. The molecular weight excluding hydrogens is 194 g/mol. The van der Waals surface area contributed by atoms with Gasteiger partial charge in [-0.05, 0) is 18.8 Å². The number of rotatable bonds is 3. The molecule has 1 heterocycles. The predicted molar refractivity (Wildman–Crippen MR) is 57.3 cm³/mol. The molecule has 0 aromatic carbocycles. The number of amides is 1. The molecular formula is C11H21NO3. The van der Waals surface area contributed by atoms with E-state index < -0.39 is 12.2 Å². The molecule has 15 heavy (non-hydrogen) atoms. The lowest BCUT2D eigenvalue weighted by Gasteiger charge is -2.33. The van der Waals surface area contributed by atoms with Crippen LogP contribution < -0.4 is 0 Å². The topological polar surface area (TPSA) is 60.8 Å². The van der Waals surface area contributed by atoms with Crippen molar-refractivity contribution in [3.63, 3.8) is 0 Å². The summed E-state index contributed by atoms with van der Waals surface area (Å²) in [6.07, 6.45) is 0.462. The molecule has 88 valence electrons. The normalized spacial score (nSPS) is 27.1. The van der Waals surface area contributed by atoms with Crippen molar-refractivity contribution < 1.29 is 15.0 Å². The van der Waals surface area contributed by atoms with Crippen LogP contribution >= 0.6 is 0 Å². The van der Waals surface area contributed by atoms with Crippen LogP contribution in [0, 0.1) is 5.92 Å². The third-order valence-corrected chi connectivity index (χ3v) is 2.83. The third-order valence-electron chi connectivity index (χ3n) is 2.83. The van der Waals surface area contributed by atoms with Crippen molar-refractivity contribution in [2.75, 3.05) is 13.1 Å². The van der Waals surface area contributed by atoms with Crippen LogP contribution in [0.2, 0.25) is 0 Å². The quantitative estimate of drug-likeness (QED) is 0.715. The van der Waals surface area contributed by atoms with Gasteiger partial charge in [0.1, 0.15) is 0 Å². The molecule has 0 aromatic rings. The first-order valence-electron chi connectivity index (χ1n) is 5.64. The molecule has 1 rings (SSSR count). The average Bonchev–Trinajstić information content (AvgIpc) is 2.18. The molecule has 1 aliphatic rings. The molecule has 4 heteroatoms. The first-order chi connectivity index (χ1) is 7.00. The number of hydrogen-bond acceptors (Lipinski definition) is 3. The molecule has 1 saturated heterocycles. The highest BCUT2D eigenvalue weighted by Crippen LogP contribution is 2.13. The van der Waals surface area contributed by atoms with E-state index in [0.29, 0.717) is 25.3 Å². The zero-order valence-corrected chi connectivity index (χ0v) is 9.52. The van der Waals surface area contributed by atoms with Gasteiger partial charge in [-0.3, -0.25) is 4.79 Å². The maximum atomic E-state index is 11.7. The number of piperidine rings is 1. The Morgan fingerprint density at radius 2 is 2.07 bits per heavy atom. The van der Waals surface area contributed by atoms with E-state index in [1.165, 1.54) is 0 Å². The SMILES string of the molecule is CC(C)CCC(=O)N1CCC(O)C(O)C1. The first-order valence-corrected chi connectivity index (χ1v) is 5.64. The molecule has 0 aromatic heterocycles. The summed E-state index contributed by atoms with van der Waals surface area (Å²) in [5.41, 5.74) is 0. The summed E-state index contributed by atoms with van der Waals surface area (Å²) in [6, 6.07) is 0. The second kappa shape index (κ2) is 5.47. The van der Waals surface area contributed by atoms with E-state index in [9.17, 15) is 15.0 Å². The Hall–Kier alpha value is -0.610. The van der Waals surface area contributed by atoms with Gasteiger partial charge >= 0.3 is 0 Å². The maximum Gasteiger partial charge on any atom is 0.222 e. The van der Waals surface area contributed by atoms with Crippen LogP contribution in [0.25, 0.3) is 0 Å². The van der Waals surface area contributed by atoms with Crippen molar-refractivity contribution in [2.24, 2.45) is 5.92 Å². The Morgan fingerprint density at radius 3 is 2.60 bits per heavy atom. The second-order valence-electron chi connectivity index (χ2n) is 4.70. The first kappa shape index (κ1) is 12.5.